The van der Waals surface area contributed by atoms with Crippen molar-refractivity contribution in [2.24, 2.45) is 0 Å². The number of carboxylic acids is 1. The molecule has 0 saturated heterocycles. The molecule has 0 unspecified atom stereocenters. The van der Waals surface area contributed by atoms with E-state index in [0.717, 1.165) is 0 Å². The first-order valence-corrected chi connectivity index (χ1v) is 4.75. The minimum Gasteiger partial charge on any atom is -0.477 e. The van der Waals surface area contributed by atoms with Crippen molar-refractivity contribution in [2.75, 3.05) is 0 Å². The zero-order valence-electron chi connectivity index (χ0n) is 7.78. The average molecular weight is 274 g/mol. The topological polar surface area (TPSA) is 79.5 Å². The minimum atomic E-state index is -1.23. The van der Waals surface area contributed by atoms with Gasteiger partial charge in [-0.25, -0.2) is 4.79 Å². The summed E-state index contributed by atoms with van der Waals surface area (Å²) in [6, 6.07) is 1.62. The van der Waals surface area contributed by atoms with Crippen molar-refractivity contribution in [2.45, 2.75) is 6.92 Å². The van der Waals surface area contributed by atoms with Crippen LogP contribution in [0.2, 0.25) is 0 Å². The monoisotopic (exact) mass is 273 g/mol. The first-order valence-electron chi connectivity index (χ1n) is 3.96. The molecule has 0 aromatic carbocycles. The largest absolute Gasteiger partial charge is 0.477 e. The summed E-state index contributed by atoms with van der Waals surface area (Å²) in [5, 5.41) is 11.0. The predicted octanol–water partition coefficient (Wildman–Crippen LogP) is 1.60. The molecule has 0 aliphatic rings. The van der Waals surface area contributed by atoms with Crippen LogP contribution in [0.25, 0.3) is 6.08 Å². The fraction of sp³-hybridized carbons (Fsp3) is 0.111. The van der Waals surface area contributed by atoms with Gasteiger partial charge < -0.3 is 14.8 Å². The summed E-state index contributed by atoms with van der Waals surface area (Å²) in [4.78, 5) is 21.4. The van der Waals surface area contributed by atoms with E-state index in [1.807, 2.05) is 0 Å². The van der Waals surface area contributed by atoms with E-state index in [2.05, 4.69) is 21.2 Å². The second kappa shape index (κ2) is 4.79. The van der Waals surface area contributed by atoms with Gasteiger partial charge in [-0.3, -0.25) is 4.79 Å². The van der Waals surface area contributed by atoms with Gasteiger partial charge in [0.25, 0.3) is 0 Å². The maximum Gasteiger partial charge on any atom is 0.352 e. The summed E-state index contributed by atoms with van der Waals surface area (Å²) >= 11 is 3.17. The molecule has 0 spiro atoms. The number of nitrogens with one attached hydrogen (secondary N) is 1. The zero-order valence-corrected chi connectivity index (χ0v) is 9.37. The van der Waals surface area contributed by atoms with E-state index in [9.17, 15) is 9.59 Å². The molecule has 0 fully saturated rings. The number of hydrogen-bond donors (Lipinski definition) is 2. The number of amides is 1. The number of furan rings is 1. The Kier molecular flexibility index (Phi) is 3.68. The zero-order chi connectivity index (χ0) is 11.4. The van der Waals surface area contributed by atoms with Gasteiger partial charge in [0.1, 0.15) is 11.5 Å². The molecule has 0 saturated carbocycles. The van der Waals surface area contributed by atoms with E-state index in [1.165, 1.54) is 19.3 Å². The second-order valence-corrected chi connectivity index (χ2v) is 3.53. The van der Waals surface area contributed by atoms with Crippen molar-refractivity contribution in [1.82, 2.24) is 5.32 Å². The van der Waals surface area contributed by atoms with E-state index < -0.39 is 11.9 Å². The number of aliphatic carboxylic acids is 1. The Labute approximate surface area is 93.9 Å². The third-order valence-electron chi connectivity index (χ3n) is 1.46. The van der Waals surface area contributed by atoms with Crippen LogP contribution in [-0.2, 0) is 9.59 Å². The van der Waals surface area contributed by atoms with Crippen LogP contribution in [0.5, 0.6) is 0 Å². The van der Waals surface area contributed by atoms with Gasteiger partial charge in [-0.1, -0.05) is 0 Å². The van der Waals surface area contributed by atoms with Gasteiger partial charge in [-0.2, -0.15) is 0 Å². The number of carboxylic acid groups (broad SMARTS) is 1. The highest BCUT2D eigenvalue weighted by molar-refractivity contribution is 9.10. The summed E-state index contributed by atoms with van der Waals surface area (Å²) in [5.74, 6) is -1.35. The lowest BCUT2D eigenvalue weighted by molar-refractivity contribution is -0.134. The van der Waals surface area contributed by atoms with Gasteiger partial charge in [-0.15, -0.1) is 0 Å². The number of hydrogen-bond acceptors (Lipinski definition) is 3. The SMILES string of the molecule is CC(=O)N/C(=C/c1occc1Br)C(=O)O. The summed E-state index contributed by atoms with van der Waals surface area (Å²) in [7, 11) is 0. The van der Waals surface area contributed by atoms with Gasteiger partial charge >= 0.3 is 5.97 Å². The quantitative estimate of drug-likeness (QED) is 0.820. The van der Waals surface area contributed by atoms with Crippen LogP contribution in [0.1, 0.15) is 12.7 Å². The van der Waals surface area contributed by atoms with E-state index >= 15 is 0 Å². The molecule has 0 aliphatic heterocycles. The Morgan fingerprint density at radius 3 is 2.67 bits per heavy atom. The van der Waals surface area contributed by atoms with Gasteiger partial charge in [0, 0.05) is 13.0 Å². The Morgan fingerprint density at radius 2 is 2.27 bits per heavy atom. The molecular weight excluding hydrogens is 266 g/mol. The van der Waals surface area contributed by atoms with Crippen LogP contribution in [0.15, 0.2) is 26.9 Å². The summed E-state index contributed by atoms with van der Waals surface area (Å²) in [6.45, 7) is 1.23. The molecule has 0 atom stereocenters. The molecule has 80 valence electrons. The number of carbonyl (C=O) groups excluding carboxylic acids is 1. The number of rotatable bonds is 3. The Bertz CT molecular complexity index is 422. The number of halogens is 1. The molecule has 1 aromatic rings. The van der Waals surface area contributed by atoms with Crippen LogP contribution in [0.4, 0.5) is 0 Å². The van der Waals surface area contributed by atoms with Gasteiger partial charge in [0.05, 0.1) is 10.7 Å². The van der Waals surface area contributed by atoms with Crippen molar-refractivity contribution in [3.05, 3.63) is 28.3 Å². The highest BCUT2D eigenvalue weighted by atomic mass is 79.9. The maximum absolute atomic E-state index is 10.7. The molecule has 0 aliphatic carbocycles. The Morgan fingerprint density at radius 1 is 1.60 bits per heavy atom. The minimum absolute atomic E-state index is 0.238. The third kappa shape index (κ3) is 3.25. The molecule has 1 heterocycles. The van der Waals surface area contributed by atoms with Crippen LogP contribution in [0.3, 0.4) is 0 Å². The van der Waals surface area contributed by atoms with Crippen molar-refractivity contribution in [3.63, 3.8) is 0 Å². The predicted molar refractivity (Wildman–Crippen MR) is 55.8 cm³/mol. The summed E-state index contributed by atoms with van der Waals surface area (Å²) in [5.41, 5.74) is -0.238. The second-order valence-electron chi connectivity index (χ2n) is 2.68. The van der Waals surface area contributed by atoms with Crippen molar-refractivity contribution < 1.29 is 19.1 Å². The lowest BCUT2D eigenvalue weighted by atomic mass is 10.3. The van der Waals surface area contributed by atoms with Crippen LogP contribution < -0.4 is 5.32 Å². The lowest BCUT2D eigenvalue weighted by Crippen LogP contribution is -2.24. The summed E-state index contributed by atoms with van der Waals surface area (Å²) in [6.07, 6.45) is 2.64. The molecule has 1 amide bonds. The molecule has 0 bridgehead atoms. The normalized spacial score (nSPS) is 11.2. The standard InChI is InChI=1S/C9H8BrNO4/c1-5(12)11-7(9(13)14)4-8-6(10)2-3-15-8/h2-4H,1H3,(H,11,12)(H,13,14)/b7-4+. The first kappa shape index (κ1) is 11.5. The maximum atomic E-state index is 10.7. The van der Waals surface area contributed by atoms with E-state index in [0.29, 0.717) is 10.2 Å². The molecule has 1 rings (SSSR count). The average Bonchev–Trinajstić information content (AvgIpc) is 2.50. The Balaban J connectivity index is 2.99. The fourth-order valence-corrected chi connectivity index (χ4v) is 1.20. The van der Waals surface area contributed by atoms with Crippen LogP contribution in [-0.4, -0.2) is 17.0 Å². The van der Waals surface area contributed by atoms with Gasteiger partial charge in [0.2, 0.25) is 5.91 Å². The van der Waals surface area contributed by atoms with Crippen LogP contribution in [0, 0.1) is 0 Å². The molecular formula is C9H8BrNO4. The van der Waals surface area contributed by atoms with E-state index in [-0.39, 0.29) is 5.70 Å². The molecule has 1 aromatic heterocycles. The number of carbonyl (C=O) groups is 2. The van der Waals surface area contributed by atoms with Crippen molar-refractivity contribution in [1.29, 1.82) is 0 Å². The fourth-order valence-electron chi connectivity index (χ4n) is 0.880. The highest BCUT2D eigenvalue weighted by Crippen LogP contribution is 2.19. The van der Waals surface area contributed by atoms with E-state index in [1.54, 1.807) is 6.07 Å². The first-order chi connectivity index (χ1) is 7.00. The van der Waals surface area contributed by atoms with Gasteiger partial charge in [0.15, 0.2) is 0 Å². The van der Waals surface area contributed by atoms with Gasteiger partial charge in [-0.05, 0) is 22.0 Å². The molecule has 2 N–H and O–H groups in total. The van der Waals surface area contributed by atoms with E-state index in [4.69, 9.17) is 9.52 Å². The van der Waals surface area contributed by atoms with Crippen molar-refractivity contribution >= 4 is 33.9 Å². The Hall–Kier alpha value is -1.56. The molecule has 15 heavy (non-hydrogen) atoms. The van der Waals surface area contributed by atoms with Crippen LogP contribution >= 0.6 is 15.9 Å². The third-order valence-corrected chi connectivity index (χ3v) is 2.12. The van der Waals surface area contributed by atoms with Crippen molar-refractivity contribution in [3.8, 4) is 0 Å². The molecule has 6 heteroatoms. The smallest absolute Gasteiger partial charge is 0.352 e. The summed E-state index contributed by atoms with van der Waals surface area (Å²) < 4.78 is 5.61. The molecule has 5 nitrogen and oxygen atoms in total. The lowest BCUT2D eigenvalue weighted by Gasteiger charge is -2.01. The highest BCUT2D eigenvalue weighted by Gasteiger charge is 2.11. The molecule has 0 radical (unpaired) electrons.